The Balaban J connectivity index is 3.07. The van der Waals surface area contributed by atoms with E-state index >= 15 is 0 Å². The minimum atomic E-state index is -3.39. The molecule has 0 aromatic heterocycles. The lowest BCUT2D eigenvalue weighted by atomic mass is 10.1. The van der Waals surface area contributed by atoms with E-state index in [2.05, 4.69) is 4.72 Å². The number of sulfonamides is 1. The van der Waals surface area contributed by atoms with E-state index in [1.54, 1.807) is 26.0 Å². The number of hydrogen-bond acceptors (Lipinski definition) is 2. The summed E-state index contributed by atoms with van der Waals surface area (Å²) >= 11 is 0. The van der Waals surface area contributed by atoms with Gasteiger partial charge in [-0.2, -0.15) is 0 Å². The molecule has 0 atom stereocenters. The molecule has 88 valence electrons. The Morgan fingerprint density at radius 2 is 1.94 bits per heavy atom. The first-order chi connectivity index (χ1) is 7.36. The van der Waals surface area contributed by atoms with Crippen LogP contribution in [-0.2, 0) is 10.0 Å². The number of aryl methyl sites for hydroxylation is 2. The second kappa shape index (κ2) is 4.70. The Morgan fingerprint density at radius 3 is 2.44 bits per heavy atom. The van der Waals surface area contributed by atoms with Gasteiger partial charge in [0.15, 0.2) is 0 Å². The summed E-state index contributed by atoms with van der Waals surface area (Å²) in [5.41, 5.74) is 2.67. The summed E-state index contributed by atoms with van der Waals surface area (Å²) in [5.74, 6) is 0. The first-order valence-electron chi connectivity index (χ1n) is 5.10. The zero-order valence-corrected chi connectivity index (χ0v) is 10.9. The van der Waals surface area contributed by atoms with Crippen LogP contribution in [0.5, 0.6) is 0 Å². The summed E-state index contributed by atoms with van der Waals surface area (Å²) in [6, 6.07) is 5.61. The van der Waals surface area contributed by atoms with Crippen LogP contribution in [-0.4, -0.2) is 8.42 Å². The molecule has 1 aromatic carbocycles. The summed E-state index contributed by atoms with van der Waals surface area (Å²) in [7, 11) is -3.39. The molecule has 0 amide bonds. The Morgan fingerprint density at radius 1 is 1.31 bits per heavy atom. The topological polar surface area (TPSA) is 46.2 Å². The van der Waals surface area contributed by atoms with Crippen molar-refractivity contribution in [3.63, 3.8) is 0 Å². The third-order valence-electron chi connectivity index (χ3n) is 2.46. The zero-order valence-electron chi connectivity index (χ0n) is 10.0. The Hall–Kier alpha value is -1.29. The average Bonchev–Trinajstić information content (AvgIpc) is 2.21. The van der Waals surface area contributed by atoms with Gasteiger partial charge in [-0.15, -0.1) is 0 Å². The normalized spacial score (nSPS) is 12.6. The lowest BCUT2D eigenvalue weighted by Crippen LogP contribution is -2.14. The van der Waals surface area contributed by atoms with Crippen molar-refractivity contribution in [1.29, 1.82) is 0 Å². The number of benzene rings is 1. The maximum Gasteiger partial charge on any atom is 0.257 e. The van der Waals surface area contributed by atoms with E-state index in [9.17, 15) is 8.42 Å². The number of nitrogens with one attached hydrogen (secondary N) is 1. The van der Waals surface area contributed by atoms with E-state index in [-0.39, 0.29) is 0 Å². The van der Waals surface area contributed by atoms with E-state index in [1.807, 2.05) is 26.0 Å². The lowest BCUT2D eigenvalue weighted by molar-refractivity contribution is 0.607. The molecule has 0 radical (unpaired) electrons. The van der Waals surface area contributed by atoms with Gasteiger partial charge in [0, 0.05) is 0 Å². The van der Waals surface area contributed by atoms with E-state index in [0.29, 0.717) is 10.6 Å². The van der Waals surface area contributed by atoms with Crippen LogP contribution in [0.3, 0.4) is 0 Å². The predicted octanol–water partition coefficient (Wildman–Crippen LogP) is 2.97. The van der Waals surface area contributed by atoms with Crippen LogP contribution in [0.4, 0.5) is 5.69 Å². The van der Waals surface area contributed by atoms with Crippen LogP contribution >= 0.6 is 0 Å². The molecule has 0 aliphatic rings. The number of allylic oxidation sites excluding steroid dienone is 2. The van der Waals surface area contributed by atoms with Crippen molar-refractivity contribution in [3.8, 4) is 0 Å². The monoisotopic (exact) mass is 239 g/mol. The second-order valence-electron chi connectivity index (χ2n) is 3.82. The fraction of sp³-hybridized carbons (Fsp3) is 0.333. The molecule has 4 heteroatoms. The van der Waals surface area contributed by atoms with Gasteiger partial charge in [0.1, 0.15) is 0 Å². The highest BCUT2D eigenvalue weighted by Gasteiger charge is 2.13. The molecular formula is C12H17NO2S. The molecule has 0 bridgehead atoms. The molecular weight excluding hydrogens is 222 g/mol. The molecule has 16 heavy (non-hydrogen) atoms. The van der Waals surface area contributed by atoms with Gasteiger partial charge < -0.3 is 0 Å². The Labute approximate surface area is 97.2 Å². The summed E-state index contributed by atoms with van der Waals surface area (Å²) in [4.78, 5) is 0.326. The van der Waals surface area contributed by atoms with Crippen molar-refractivity contribution >= 4 is 15.7 Å². The van der Waals surface area contributed by atoms with Crippen LogP contribution in [0, 0.1) is 13.8 Å². The average molecular weight is 239 g/mol. The summed E-state index contributed by atoms with van der Waals surface area (Å²) in [6.45, 7) is 7.14. The first kappa shape index (κ1) is 12.8. The van der Waals surface area contributed by atoms with E-state index in [4.69, 9.17) is 0 Å². The number of hydrogen-bond donors (Lipinski definition) is 1. The molecule has 0 spiro atoms. The van der Waals surface area contributed by atoms with Crippen molar-refractivity contribution in [1.82, 2.24) is 0 Å². The number of rotatable bonds is 3. The molecule has 0 heterocycles. The van der Waals surface area contributed by atoms with Crippen molar-refractivity contribution < 1.29 is 8.42 Å². The second-order valence-corrected chi connectivity index (χ2v) is 5.68. The van der Waals surface area contributed by atoms with E-state index in [0.717, 1.165) is 11.1 Å². The largest absolute Gasteiger partial charge is 0.280 e. The molecule has 0 unspecified atom stereocenters. The van der Waals surface area contributed by atoms with Crippen LogP contribution < -0.4 is 4.72 Å². The molecule has 0 saturated carbocycles. The van der Waals surface area contributed by atoms with Crippen LogP contribution in [0.15, 0.2) is 29.2 Å². The van der Waals surface area contributed by atoms with Crippen molar-refractivity contribution in [3.05, 3.63) is 40.3 Å². The van der Waals surface area contributed by atoms with Gasteiger partial charge >= 0.3 is 0 Å². The van der Waals surface area contributed by atoms with E-state index < -0.39 is 10.0 Å². The van der Waals surface area contributed by atoms with Gasteiger partial charge in [0.05, 0.1) is 10.6 Å². The highest BCUT2D eigenvalue weighted by molar-refractivity contribution is 7.96. The highest BCUT2D eigenvalue weighted by Crippen LogP contribution is 2.19. The SMILES string of the molecule is C/C=C(/C)S(=O)(=O)Nc1ccc(C)cc1C. The smallest absolute Gasteiger partial charge is 0.257 e. The minimum absolute atomic E-state index is 0.326. The van der Waals surface area contributed by atoms with Gasteiger partial charge in [-0.05, 0) is 39.3 Å². The van der Waals surface area contributed by atoms with Crippen LogP contribution in [0.2, 0.25) is 0 Å². The Kier molecular flexibility index (Phi) is 3.75. The summed E-state index contributed by atoms with van der Waals surface area (Å²) < 4.78 is 26.1. The molecule has 0 aliphatic carbocycles. The van der Waals surface area contributed by atoms with E-state index in [1.165, 1.54) is 0 Å². The number of anilines is 1. The predicted molar refractivity (Wildman–Crippen MR) is 67.9 cm³/mol. The third-order valence-corrected chi connectivity index (χ3v) is 4.03. The Bertz CT molecular complexity index is 516. The third kappa shape index (κ3) is 2.85. The van der Waals surface area contributed by atoms with Gasteiger partial charge in [0.2, 0.25) is 0 Å². The quantitative estimate of drug-likeness (QED) is 0.881. The summed E-state index contributed by atoms with van der Waals surface area (Å²) in [5, 5.41) is 0. The van der Waals surface area contributed by atoms with Gasteiger partial charge in [0.25, 0.3) is 10.0 Å². The van der Waals surface area contributed by atoms with Crippen molar-refractivity contribution in [2.24, 2.45) is 0 Å². The molecule has 3 nitrogen and oxygen atoms in total. The van der Waals surface area contributed by atoms with Crippen molar-refractivity contribution in [2.75, 3.05) is 4.72 Å². The molecule has 0 fully saturated rings. The van der Waals surface area contributed by atoms with Gasteiger partial charge in [-0.3, -0.25) is 4.72 Å². The van der Waals surface area contributed by atoms with Crippen LogP contribution in [0.1, 0.15) is 25.0 Å². The molecule has 0 saturated heterocycles. The fourth-order valence-electron chi connectivity index (χ4n) is 1.31. The fourth-order valence-corrected chi connectivity index (χ4v) is 2.30. The lowest BCUT2D eigenvalue weighted by Gasteiger charge is -2.11. The minimum Gasteiger partial charge on any atom is -0.280 e. The summed E-state index contributed by atoms with van der Waals surface area (Å²) in [6.07, 6.45) is 1.58. The van der Waals surface area contributed by atoms with Crippen molar-refractivity contribution in [2.45, 2.75) is 27.7 Å². The van der Waals surface area contributed by atoms with Crippen LogP contribution in [0.25, 0.3) is 0 Å². The first-order valence-corrected chi connectivity index (χ1v) is 6.58. The molecule has 1 N–H and O–H groups in total. The standard InChI is InChI=1S/C12H17NO2S/c1-5-11(4)16(14,15)13-12-7-6-9(2)8-10(12)3/h5-8,13H,1-4H3/b11-5-. The highest BCUT2D eigenvalue weighted by atomic mass is 32.2. The maximum absolute atomic E-state index is 11.8. The zero-order chi connectivity index (χ0) is 12.3. The molecule has 1 rings (SSSR count). The molecule has 0 aliphatic heterocycles. The maximum atomic E-state index is 11.8. The van der Waals surface area contributed by atoms with Gasteiger partial charge in [-0.25, -0.2) is 8.42 Å². The molecule has 1 aromatic rings. The van der Waals surface area contributed by atoms with Gasteiger partial charge in [-0.1, -0.05) is 23.8 Å².